The predicted molar refractivity (Wildman–Crippen MR) is 105 cm³/mol. The summed E-state index contributed by atoms with van der Waals surface area (Å²) >= 11 is 0. The number of aromatic nitrogens is 4. The molecule has 9 nitrogen and oxygen atoms in total. The zero-order valence-corrected chi connectivity index (χ0v) is 16.3. The van der Waals surface area contributed by atoms with Gasteiger partial charge in [-0.3, -0.25) is 4.57 Å². The van der Waals surface area contributed by atoms with Crippen LogP contribution in [-0.4, -0.2) is 45.4 Å². The van der Waals surface area contributed by atoms with E-state index in [1.165, 1.54) is 27.1 Å². The lowest BCUT2D eigenvalue weighted by atomic mass is 10.1. The van der Waals surface area contributed by atoms with E-state index in [2.05, 4.69) is 10.3 Å². The number of benzene rings is 2. The molecular formula is C19H17N5O4S. The molecule has 0 bridgehead atoms. The van der Waals surface area contributed by atoms with Crippen LogP contribution in [0.3, 0.4) is 0 Å². The van der Waals surface area contributed by atoms with Gasteiger partial charge < -0.3 is 4.42 Å². The minimum Gasteiger partial charge on any atom is -0.408 e. The van der Waals surface area contributed by atoms with Crippen molar-refractivity contribution >= 4 is 21.1 Å². The van der Waals surface area contributed by atoms with E-state index in [1.54, 1.807) is 11.7 Å². The maximum absolute atomic E-state index is 12.9. The van der Waals surface area contributed by atoms with Gasteiger partial charge in [0.1, 0.15) is 5.69 Å². The fourth-order valence-electron chi connectivity index (χ4n) is 3.39. The van der Waals surface area contributed by atoms with Gasteiger partial charge in [-0.05, 0) is 18.2 Å². The number of fused-ring (bicyclic) bond motifs is 1. The summed E-state index contributed by atoms with van der Waals surface area (Å²) in [5, 5.41) is 8.34. The van der Waals surface area contributed by atoms with Crippen LogP contribution in [-0.2, 0) is 17.1 Å². The first kappa shape index (κ1) is 17.8. The van der Waals surface area contributed by atoms with Crippen molar-refractivity contribution < 1.29 is 12.8 Å². The Bertz CT molecular complexity index is 1360. The number of hydrogen-bond acceptors (Lipinski definition) is 6. The van der Waals surface area contributed by atoms with Crippen LogP contribution in [0, 0.1) is 0 Å². The van der Waals surface area contributed by atoms with Crippen LogP contribution in [0.2, 0.25) is 0 Å². The van der Waals surface area contributed by atoms with E-state index >= 15 is 0 Å². The summed E-state index contributed by atoms with van der Waals surface area (Å²) in [5.41, 5.74) is 2.51. The third-order valence-electron chi connectivity index (χ3n) is 5.18. The summed E-state index contributed by atoms with van der Waals surface area (Å²) < 4.78 is 35.3. The Morgan fingerprint density at radius 2 is 1.86 bits per heavy atom. The molecule has 0 spiro atoms. The number of nitrogens with zero attached hydrogens (tertiary/aromatic N) is 5. The Labute approximate surface area is 165 Å². The molecule has 10 heteroatoms. The van der Waals surface area contributed by atoms with Crippen molar-refractivity contribution in [1.82, 2.24) is 23.9 Å². The van der Waals surface area contributed by atoms with Crippen molar-refractivity contribution in [3.63, 3.8) is 0 Å². The molecule has 0 N–H and O–H groups in total. The quantitative estimate of drug-likeness (QED) is 0.506. The van der Waals surface area contributed by atoms with Gasteiger partial charge >= 0.3 is 5.76 Å². The molecule has 5 rings (SSSR count). The van der Waals surface area contributed by atoms with Crippen LogP contribution in [0.5, 0.6) is 0 Å². The van der Waals surface area contributed by atoms with Crippen molar-refractivity contribution in [2.24, 2.45) is 7.05 Å². The number of oxazole rings is 1. The van der Waals surface area contributed by atoms with Gasteiger partial charge in [0.05, 0.1) is 22.7 Å². The van der Waals surface area contributed by atoms with Gasteiger partial charge in [0, 0.05) is 25.7 Å². The molecule has 0 unspecified atom stereocenters. The average molecular weight is 411 g/mol. The first-order valence-electron chi connectivity index (χ1n) is 9.00. The maximum Gasteiger partial charge on any atom is 0.419 e. The van der Waals surface area contributed by atoms with Crippen molar-refractivity contribution in [2.45, 2.75) is 10.9 Å². The molecule has 1 saturated heterocycles. The van der Waals surface area contributed by atoms with Crippen LogP contribution in [0.1, 0.15) is 6.04 Å². The number of rotatable bonds is 4. The summed E-state index contributed by atoms with van der Waals surface area (Å²) in [7, 11) is -2.13. The Morgan fingerprint density at radius 1 is 1.10 bits per heavy atom. The number of aryl methyl sites for hydroxylation is 1. The second-order valence-corrected chi connectivity index (χ2v) is 8.92. The van der Waals surface area contributed by atoms with Crippen molar-refractivity contribution in [3.05, 3.63) is 65.3 Å². The molecule has 2 aromatic carbocycles. The summed E-state index contributed by atoms with van der Waals surface area (Å²) in [6, 6.07) is 14.0. The summed E-state index contributed by atoms with van der Waals surface area (Å²) in [5.74, 6) is -0.529. The van der Waals surface area contributed by atoms with Gasteiger partial charge in [-0.1, -0.05) is 35.5 Å². The summed E-state index contributed by atoms with van der Waals surface area (Å²) in [6.07, 6.45) is 1.83. The Hall–Kier alpha value is -3.24. The highest BCUT2D eigenvalue weighted by Crippen LogP contribution is 2.30. The van der Waals surface area contributed by atoms with Gasteiger partial charge in [-0.2, -0.15) is 4.31 Å². The molecule has 0 saturated carbocycles. The van der Waals surface area contributed by atoms with Crippen LogP contribution in [0.15, 0.2) is 68.8 Å². The highest BCUT2D eigenvalue weighted by molar-refractivity contribution is 7.89. The first-order valence-corrected chi connectivity index (χ1v) is 10.4. The van der Waals surface area contributed by atoms with E-state index in [4.69, 9.17) is 4.42 Å². The highest BCUT2D eigenvalue weighted by Gasteiger charge is 2.38. The van der Waals surface area contributed by atoms with Crippen LogP contribution < -0.4 is 5.76 Å². The number of sulfonamides is 1. The SMILES string of the molecule is Cn1c(=O)oc2ccc(S(=O)(=O)N3CC(n4cc(-c5ccccc5)nn4)C3)cc21. The molecule has 0 aliphatic carbocycles. The monoisotopic (exact) mass is 411 g/mol. The fourth-order valence-corrected chi connectivity index (χ4v) is 4.93. The molecule has 1 aliphatic rings. The molecule has 3 heterocycles. The highest BCUT2D eigenvalue weighted by atomic mass is 32.2. The molecule has 2 aromatic heterocycles. The second kappa shape index (κ2) is 6.39. The van der Waals surface area contributed by atoms with Gasteiger partial charge in [-0.25, -0.2) is 17.9 Å². The van der Waals surface area contributed by atoms with Gasteiger partial charge in [0.2, 0.25) is 10.0 Å². The van der Waals surface area contributed by atoms with Crippen LogP contribution in [0.25, 0.3) is 22.4 Å². The van der Waals surface area contributed by atoms with Gasteiger partial charge in [0.25, 0.3) is 0 Å². The normalized spacial score (nSPS) is 15.6. The lowest BCUT2D eigenvalue weighted by Crippen LogP contribution is -2.50. The van der Waals surface area contributed by atoms with Crippen LogP contribution >= 0.6 is 0 Å². The maximum atomic E-state index is 12.9. The van der Waals surface area contributed by atoms with Crippen LogP contribution in [0.4, 0.5) is 0 Å². The smallest absolute Gasteiger partial charge is 0.408 e. The Kier molecular flexibility index (Phi) is 3.93. The molecule has 148 valence electrons. The molecular weight excluding hydrogens is 394 g/mol. The van der Waals surface area contributed by atoms with E-state index in [0.717, 1.165) is 11.3 Å². The zero-order chi connectivity index (χ0) is 20.2. The zero-order valence-electron chi connectivity index (χ0n) is 15.5. The largest absolute Gasteiger partial charge is 0.419 e. The van der Waals surface area contributed by atoms with Gasteiger partial charge in [-0.15, -0.1) is 5.10 Å². The fraction of sp³-hybridized carbons (Fsp3) is 0.211. The van der Waals surface area contributed by atoms with E-state index in [0.29, 0.717) is 24.2 Å². The molecule has 1 fully saturated rings. The molecule has 1 aliphatic heterocycles. The van der Waals surface area contributed by atoms with E-state index in [-0.39, 0.29) is 10.9 Å². The summed E-state index contributed by atoms with van der Waals surface area (Å²) in [6.45, 7) is 0.616. The van der Waals surface area contributed by atoms with Crippen molar-refractivity contribution in [1.29, 1.82) is 0 Å². The van der Waals surface area contributed by atoms with E-state index < -0.39 is 15.8 Å². The molecule has 0 radical (unpaired) electrons. The predicted octanol–water partition coefficient (Wildman–Crippen LogP) is 1.64. The van der Waals surface area contributed by atoms with Crippen molar-refractivity contribution in [3.8, 4) is 11.3 Å². The third kappa shape index (κ3) is 2.88. The minimum atomic E-state index is -3.67. The van der Waals surface area contributed by atoms with E-state index in [9.17, 15) is 13.2 Å². The molecule has 4 aromatic rings. The molecule has 29 heavy (non-hydrogen) atoms. The van der Waals surface area contributed by atoms with Crippen molar-refractivity contribution in [2.75, 3.05) is 13.1 Å². The summed E-state index contributed by atoms with van der Waals surface area (Å²) in [4.78, 5) is 11.8. The Morgan fingerprint density at radius 3 is 2.62 bits per heavy atom. The Balaban J connectivity index is 1.36. The van der Waals surface area contributed by atoms with Gasteiger partial charge in [0.15, 0.2) is 5.58 Å². The lowest BCUT2D eigenvalue weighted by molar-refractivity contribution is 0.189. The molecule has 0 atom stereocenters. The minimum absolute atomic E-state index is 0.0725. The molecule has 0 amide bonds. The topological polar surface area (TPSA) is 103 Å². The average Bonchev–Trinajstić information content (AvgIpc) is 3.26. The number of hydrogen-bond donors (Lipinski definition) is 0. The lowest BCUT2D eigenvalue weighted by Gasteiger charge is -2.37. The van der Waals surface area contributed by atoms with E-state index in [1.807, 2.05) is 36.5 Å². The third-order valence-corrected chi connectivity index (χ3v) is 7.01. The standard InChI is InChI=1S/C19H17N5O4S/c1-22-17-9-15(7-8-18(17)28-19(22)25)29(26,27)23-10-14(11-23)24-12-16(20-21-24)13-5-3-2-4-6-13/h2-9,12,14H,10-11H2,1H3. The first-order chi connectivity index (χ1) is 13.9. The second-order valence-electron chi connectivity index (χ2n) is 6.98.